The number of imidazole rings is 1. The van der Waals surface area contributed by atoms with Crippen molar-refractivity contribution in [3.05, 3.63) is 53.9 Å². The highest BCUT2D eigenvalue weighted by Crippen LogP contribution is 2.34. The third-order valence-electron chi connectivity index (χ3n) is 3.82. The van der Waals surface area contributed by atoms with Crippen LogP contribution in [0.2, 0.25) is 0 Å². The lowest BCUT2D eigenvalue weighted by Crippen LogP contribution is -2.01. The second kappa shape index (κ2) is 4.92. The average molecular weight is 244 g/mol. The molecule has 1 aromatic heterocycles. The third-order valence-corrected chi connectivity index (χ3v) is 3.82. The second-order valence-electron chi connectivity index (χ2n) is 5.07. The van der Waals surface area contributed by atoms with Crippen molar-refractivity contribution in [2.45, 2.75) is 38.1 Å². The van der Waals surface area contributed by atoms with Crippen molar-refractivity contribution >= 4 is 0 Å². The van der Waals surface area contributed by atoms with Crippen molar-refractivity contribution in [3.8, 4) is 0 Å². The number of nitrogens with zero attached hydrogens (tertiary/aromatic N) is 2. The van der Waals surface area contributed by atoms with Gasteiger partial charge < -0.3 is 4.57 Å². The van der Waals surface area contributed by atoms with Crippen LogP contribution in [0.15, 0.2) is 36.9 Å². The molecule has 0 radical (unpaired) electrons. The van der Waals surface area contributed by atoms with E-state index in [2.05, 4.69) is 11.1 Å². The van der Waals surface area contributed by atoms with Crippen LogP contribution in [0.4, 0.5) is 4.39 Å². The van der Waals surface area contributed by atoms with Gasteiger partial charge in [0, 0.05) is 18.0 Å². The number of benzene rings is 1. The first-order valence-electron chi connectivity index (χ1n) is 6.57. The third kappa shape index (κ3) is 2.30. The summed E-state index contributed by atoms with van der Waals surface area (Å²) in [7, 11) is 0. The minimum absolute atomic E-state index is 0.0897. The summed E-state index contributed by atoms with van der Waals surface area (Å²) in [6.45, 7) is 0.552. The van der Waals surface area contributed by atoms with E-state index in [1.807, 2.05) is 16.8 Å². The van der Waals surface area contributed by atoms with Gasteiger partial charge in [-0.25, -0.2) is 9.37 Å². The fourth-order valence-electron chi connectivity index (χ4n) is 2.78. The number of halogens is 1. The van der Waals surface area contributed by atoms with Crippen LogP contribution >= 0.6 is 0 Å². The fourth-order valence-corrected chi connectivity index (χ4v) is 2.78. The summed E-state index contributed by atoms with van der Waals surface area (Å²) in [5, 5.41) is 0. The lowest BCUT2D eigenvalue weighted by Gasteiger charge is -2.11. The van der Waals surface area contributed by atoms with E-state index in [0.29, 0.717) is 12.5 Å². The minimum atomic E-state index is -0.0897. The van der Waals surface area contributed by atoms with Gasteiger partial charge in [-0.15, -0.1) is 0 Å². The highest BCUT2D eigenvalue weighted by atomic mass is 19.1. The molecule has 0 saturated heterocycles. The van der Waals surface area contributed by atoms with Crippen LogP contribution in [-0.2, 0) is 6.54 Å². The molecule has 0 amide bonds. The van der Waals surface area contributed by atoms with Crippen LogP contribution in [0.1, 0.15) is 42.7 Å². The van der Waals surface area contributed by atoms with E-state index >= 15 is 0 Å². The summed E-state index contributed by atoms with van der Waals surface area (Å²) < 4.78 is 15.9. The molecule has 18 heavy (non-hydrogen) atoms. The zero-order valence-corrected chi connectivity index (χ0v) is 10.3. The molecule has 0 aliphatic heterocycles. The monoisotopic (exact) mass is 244 g/mol. The molecule has 0 unspecified atom stereocenters. The Morgan fingerprint density at radius 1 is 1.28 bits per heavy atom. The molecule has 2 aromatic rings. The van der Waals surface area contributed by atoms with E-state index in [9.17, 15) is 4.39 Å². The standard InChI is InChI=1S/C15H17FN2/c16-15-9-13(12-3-1-2-4-12)5-6-14(15)10-18-8-7-17-11-18/h5-9,11-12H,1-4,10H2. The zero-order chi connectivity index (χ0) is 12.4. The molecule has 1 saturated carbocycles. The van der Waals surface area contributed by atoms with Crippen molar-refractivity contribution in [2.24, 2.45) is 0 Å². The molecule has 3 heteroatoms. The summed E-state index contributed by atoms with van der Waals surface area (Å²) >= 11 is 0. The Hall–Kier alpha value is -1.64. The normalized spacial score (nSPS) is 16.3. The maximum Gasteiger partial charge on any atom is 0.128 e. The quantitative estimate of drug-likeness (QED) is 0.804. The first-order valence-corrected chi connectivity index (χ1v) is 6.57. The smallest absolute Gasteiger partial charge is 0.128 e. The maximum absolute atomic E-state index is 14.1. The lowest BCUT2D eigenvalue weighted by molar-refractivity contribution is 0.592. The van der Waals surface area contributed by atoms with Gasteiger partial charge in [0.15, 0.2) is 0 Å². The Balaban J connectivity index is 1.80. The number of hydrogen-bond donors (Lipinski definition) is 0. The molecule has 1 aromatic carbocycles. The van der Waals surface area contributed by atoms with Gasteiger partial charge in [0.1, 0.15) is 5.82 Å². The number of aromatic nitrogens is 2. The van der Waals surface area contributed by atoms with Crippen LogP contribution in [0.3, 0.4) is 0 Å². The lowest BCUT2D eigenvalue weighted by atomic mass is 9.96. The summed E-state index contributed by atoms with van der Waals surface area (Å²) in [5.41, 5.74) is 1.90. The molecule has 3 rings (SSSR count). The molecule has 0 bridgehead atoms. The van der Waals surface area contributed by atoms with Crippen LogP contribution in [0, 0.1) is 5.82 Å². The summed E-state index contributed by atoms with van der Waals surface area (Å²) in [4.78, 5) is 3.97. The van der Waals surface area contributed by atoms with Gasteiger partial charge in [0.05, 0.1) is 12.9 Å². The topological polar surface area (TPSA) is 17.8 Å². The van der Waals surface area contributed by atoms with Crippen molar-refractivity contribution in [1.82, 2.24) is 9.55 Å². The highest BCUT2D eigenvalue weighted by Gasteiger charge is 2.18. The Labute approximate surface area is 106 Å². The predicted molar refractivity (Wildman–Crippen MR) is 68.9 cm³/mol. The van der Waals surface area contributed by atoms with Gasteiger partial charge >= 0.3 is 0 Å². The zero-order valence-electron chi connectivity index (χ0n) is 10.3. The van der Waals surface area contributed by atoms with Crippen LogP contribution in [0.5, 0.6) is 0 Å². The largest absolute Gasteiger partial charge is 0.333 e. The Bertz CT molecular complexity index is 513. The van der Waals surface area contributed by atoms with Gasteiger partial charge in [0.25, 0.3) is 0 Å². The Morgan fingerprint density at radius 2 is 2.11 bits per heavy atom. The molecule has 1 aliphatic rings. The van der Waals surface area contributed by atoms with Crippen molar-refractivity contribution in [2.75, 3.05) is 0 Å². The summed E-state index contributed by atoms with van der Waals surface area (Å²) in [6.07, 6.45) is 10.3. The van der Waals surface area contributed by atoms with Crippen LogP contribution in [0.25, 0.3) is 0 Å². The highest BCUT2D eigenvalue weighted by molar-refractivity contribution is 5.27. The van der Waals surface area contributed by atoms with Gasteiger partial charge in [-0.2, -0.15) is 0 Å². The second-order valence-corrected chi connectivity index (χ2v) is 5.07. The molecular formula is C15H17FN2. The molecule has 1 heterocycles. The number of rotatable bonds is 3. The van der Waals surface area contributed by atoms with E-state index in [1.54, 1.807) is 18.6 Å². The van der Waals surface area contributed by atoms with Gasteiger partial charge in [0.2, 0.25) is 0 Å². The molecule has 1 aliphatic carbocycles. The summed E-state index contributed by atoms with van der Waals surface area (Å²) in [6, 6.07) is 5.73. The predicted octanol–water partition coefficient (Wildman–Crippen LogP) is 3.73. The Morgan fingerprint density at radius 3 is 2.78 bits per heavy atom. The van der Waals surface area contributed by atoms with E-state index in [-0.39, 0.29) is 5.82 Å². The SMILES string of the molecule is Fc1cc(C2CCCC2)ccc1Cn1ccnc1. The van der Waals surface area contributed by atoms with Crippen molar-refractivity contribution in [3.63, 3.8) is 0 Å². The Kier molecular flexibility index (Phi) is 3.13. The molecule has 0 N–H and O–H groups in total. The fraction of sp³-hybridized carbons (Fsp3) is 0.400. The molecule has 1 fully saturated rings. The van der Waals surface area contributed by atoms with Gasteiger partial charge in [-0.05, 0) is 30.4 Å². The maximum atomic E-state index is 14.1. The number of hydrogen-bond acceptors (Lipinski definition) is 1. The van der Waals surface area contributed by atoms with Gasteiger partial charge in [-0.3, -0.25) is 0 Å². The first-order chi connectivity index (χ1) is 8.83. The first kappa shape index (κ1) is 11.5. The molecule has 0 atom stereocenters. The molecule has 2 nitrogen and oxygen atoms in total. The van der Waals surface area contributed by atoms with Gasteiger partial charge in [-0.1, -0.05) is 25.0 Å². The molecular weight excluding hydrogens is 227 g/mol. The average Bonchev–Trinajstić information content (AvgIpc) is 3.04. The van der Waals surface area contributed by atoms with E-state index in [1.165, 1.54) is 31.2 Å². The van der Waals surface area contributed by atoms with Crippen molar-refractivity contribution < 1.29 is 4.39 Å². The molecule has 94 valence electrons. The van der Waals surface area contributed by atoms with E-state index in [0.717, 1.165) is 5.56 Å². The van der Waals surface area contributed by atoms with Crippen molar-refractivity contribution in [1.29, 1.82) is 0 Å². The van der Waals surface area contributed by atoms with Crippen LogP contribution in [-0.4, -0.2) is 9.55 Å². The van der Waals surface area contributed by atoms with Crippen LogP contribution < -0.4 is 0 Å². The van der Waals surface area contributed by atoms with E-state index in [4.69, 9.17) is 0 Å². The minimum Gasteiger partial charge on any atom is -0.333 e. The summed E-state index contributed by atoms with van der Waals surface area (Å²) in [5.74, 6) is 0.481. The molecule has 0 spiro atoms. The van der Waals surface area contributed by atoms with E-state index < -0.39 is 0 Å².